The molecule has 0 unspecified atom stereocenters. The molecule has 2 N–H and O–H groups in total. The maximum Gasteiger partial charge on any atom is 0.326 e. The van der Waals surface area contributed by atoms with Crippen molar-refractivity contribution < 1.29 is 9.59 Å². The smallest absolute Gasteiger partial charge is 0.326 e. The number of halogens is 1. The number of rotatable bonds is 2. The van der Waals surface area contributed by atoms with Gasteiger partial charge in [0.1, 0.15) is 11.5 Å². The Balaban J connectivity index is 1.85. The molecule has 9 heteroatoms. The molecule has 0 bridgehead atoms. The van der Waals surface area contributed by atoms with Crippen LogP contribution in [0.2, 0.25) is 5.28 Å². The first-order valence-electron chi connectivity index (χ1n) is 6.83. The van der Waals surface area contributed by atoms with Crippen molar-refractivity contribution in [3.05, 3.63) is 22.7 Å². The van der Waals surface area contributed by atoms with Gasteiger partial charge in [-0.05, 0) is 24.7 Å². The molecule has 2 aliphatic rings. The zero-order chi connectivity index (χ0) is 15.7. The van der Waals surface area contributed by atoms with Gasteiger partial charge in [-0.15, -0.1) is 0 Å². The van der Waals surface area contributed by atoms with Gasteiger partial charge in [-0.1, -0.05) is 0 Å². The zero-order valence-corrected chi connectivity index (χ0v) is 12.7. The Bertz CT molecular complexity index is 654. The van der Waals surface area contributed by atoms with Crippen LogP contribution in [0.1, 0.15) is 5.69 Å². The third-order valence-electron chi connectivity index (χ3n) is 3.54. The van der Waals surface area contributed by atoms with Gasteiger partial charge in [0, 0.05) is 32.2 Å². The Kier molecular flexibility index (Phi) is 3.95. The van der Waals surface area contributed by atoms with Gasteiger partial charge in [0.25, 0.3) is 5.91 Å². The average Bonchev–Trinajstić information content (AvgIpc) is 2.77. The maximum absolute atomic E-state index is 11.5. The first-order chi connectivity index (χ1) is 10.5. The summed E-state index contributed by atoms with van der Waals surface area (Å²) in [6.07, 6.45) is 1.48. The fraction of sp³-hybridized carbons (Fsp3) is 0.385. The highest BCUT2D eigenvalue weighted by molar-refractivity contribution is 6.28. The standard InChI is InChI=1S/C13H15ClN6O2/c1-19-2-4-20(5-3-19)10-7-8(15-12(14)17-10)6-9-11(21)18-13(22)16-9/h6-7H,2-5H2,1H3,(H2,16,18,21,22). The van der Waals surface area contributed by atoms with Gasteiger partial charge in [0.2, 0.25) is 5.28 Å². The van der Waals surface area contributed by atoms with E-state index in [9.17, 15) is 9.59 Å². The molecule has 0 spiro atoms. The van der Waals surface area contributed by atoms with Crippen molar-refractivity contribution in [3.63, 3.8) is 0 Å². The van der Waals surface area contributed by atoms with Crippen LogP contribution < -0.4 is 15.5 Å². The molecule has 3 rings (SSSR count). The summed E-state index contributed by atoms with van der Waals surface area (Å²) in [7, 11) is 2.07. The van der Waals surface area contributed by atoms with Crippen molar-refractivity contribution in [3.8, 4) is 0 Å². The minimum atomic E-state index is -0.546. The number of aromatic nitrogens is 2. The van der Waals surface area contributed by atoms with Crippen molar-refractivity contribution in [2.75, 3.05) is 38.1 Å². The average molecular weight is 323 g/mol. The lowest BCUT2D eigenvalue weighted by Gasteiger charge is -2.33. The van der Waals surface area contributed by atoms with E-state index in [0.717, 1.165) is 26.2 Å². The summed E-state index contributed by atoms with van der Waals surface area (Å²) in [6, 6.07) is 1.21. The molecule has 3 heterocycles. The van der Waals surface area contributed by atoms with E-state index < -0.39 is 11.9 Å². The number of amides is 3. The van der Waals surface area contributed by atoms with Gasteiger partial charge in [-0.2, -0.15) is 0 Å². The van der Waals surface area contributed by atoms with Crippen LogP contribution in [-0.4, -0.2) is 60.0 Å². The minimum absolute atomic E-state index is 0.105. The second-order valence-corrected chi connectivity index (χ2v) is 5.51. The molecule has 2 fully saturated rings. The highest BCUT2D eigenvalue weighted by Gasteiger charge is 2.23. The van der Waals surface area contributed by atoms with E-state index in [-0.39, 0.29) is 11.0 Å². The van der Waals surface area contributed by atoms with Crippen LogP contribution in [0.5, 0.6) is 0 Å². The van der Waals surface area contributed by atoms with Crippen LogP contribution in [-0.2, 0) is 4.79 Å². The van der Waals surface area contributed by atoms with E-state index in [1.165, 1.54) is 6.08 Å². The second-order valence-electron chi connectivity index (χ2n) is 5.18. The highest BCUT2D eigenvalue weighted by atomic mass is 35.5. The molecule has 2 saturated heterocycles. The van der Waals surface area contributed by atoms with Crippen molar-refractivity contribution in [2.24, 2.45) is 0 Å². The fourth-order valence-corrected chi connectivity index (χ4v) is 2.51. The third kappa shape index (κ3) is 3.18. The van der Waals surface area contributed by atoms with Crippen LogP contribution in [0, 0.1) is 0 Å². The number of urea groups is 1. The number of hydrogen-bond donors (Lipinski definition) is 2. The summed E-state index contributed by atoms with van der Waals surface area (Å²) >= 11 is 5.97. The first-order valence-corrected chi connectivity index (χ1v) is 7.21. The normalized spacial score (nSPS) is 21.2. The van der Waals surface area contributed by atoms with Crippen LogP contribution in [0.3, 0.4) is 0 Å². The van der Waals surface area contributed by atoms with Crippen molar-refractivity contribution in [1.29, 1.82) is 0 Å². The minimum Gasteiger partial charge on any atom is -0.354 e. The largest absolute Gasteiger partial charge is 0.354 e. The summed E-state index contributed by atoms with van der Waals surface area (Å²) in [5.41, 5.74) is 0.616. The van der Waals surface area contributed by atoms with E-state index in [1.807, 2.05) is 0 Å². The highest BCUT2D eigenvalue weighted by Crippen LogP contribution is 2.18. The van der Waals surface area contributed by atoms with E-state index in [0.29, 0.717) is 11.5 Å². The number of likely N-dealkylation sites (N-methyl/N-ethyl adjacent to an activating group) is 1. The zero-order valence-electron chi connectivity index (χ0n) is 12.0. The van der Waals surface area contributed by atoms with Gasteiger partial charge in [0.15, 0.2) is 0 Å². The summed E-state index contributed by atoms with van der Waals surface area (Å²) in [4.78, 5) is 35.3. The second kappa shape index (κ2) is 5.90. The number of hydrogen-bond acceptors (Lipinski definition) is 6. The topological polar surface area (TPSA) is 90.5 Å². The fourth-order valence-electron chi connectivity index (χ4n) is 2.32. The van der Waals surface area contributed by atoms with Gasteiger partial charge in [-0.25, -0.2) is 14.8 Å². The van der Waals surface area contributed by atoms with Crippen LogP contribution in [0.4, 0.5) is 10.6 Å². The Hall–Kier alpha value is -2.19. The van der Waals surface area contributed by atoms with Gasteiger partial charge in [-0.3, -0.25) is 10.1 Å². The Morgan fingerprint density at radius 2 is 1.91 bits per heavy atom. The van der Waals surface area contributed by atoms with Gasteiger partial charge < -0.3 is 15.1 Å². The van der Waals surface area contributed by atoms with Crippen molar-refractivity contribution >= 4 is 35.4 Å². The summed E-state index contributed by atoms with van der Waals surface area (Å²) in [5, 5.41) is 4.65. The number of imide groups is 1. The number of carbonyl (C=O) groups is 2. The molecule has 0 atom stereocenters. The number of nitrogens with zero attached hydrogens (tertiary/aromatic N) is 4. The number of anilines is 1. The lowest BCUT2D eigenvalue weighted by atomic mass is 10.2. The van der Waals surface area contributed by atoms with Crippen LogP contribution in [0.25, 0.3) is 6.08 Å². The SMILES string of the molecule is CN1CCN(c2cc(C=C3NC(=O)NC3=O)nc(Cl)n2)CC1. The molecular formula is C13H15ClN6O2. The van der Waals surface area contributed by atoms with Crippen molar-refractivity contribution in [1.82, 2.24) is 25.5 Å². The molecule has 3 amide bonds. The first kappa shape index (κ1) is 14.7. The molecule has 1 aromatic heterocycles. The number of carbonyl (C=O) groups excluding carboxylic acids is 2. The molecule has 0 saturated carbocycles. The van der Waals surface area contributed by atoms with E-state index >= 15 is 0 Å². The molecule has 22 heavy (non-hydrogen) atoms. The Morgan fingerprint density at radius 1 is 1.18 bits per heavy atom. The number of nitrogens with one attached hydrogen (secondary N) is 2. The van der Waals surface area contributed by atoms with Crippen LogP contribution in [0.15, 0.2) is 11.8 Å². The molecule has 0 aromatic carbocycles. The number of piperazine rings is 1. The Labute approximate surface area is 132 Å². The van der Waals surface area contributed by atoms with E-state index in [4.69, 9.17) is 11.6 Å². The molecular weight excluding hydrogens is 308 g/mol. The lowest BCUT2D eigenvalue weighted by Crippen LogP contribution is -2.44. The van der Waals surface area contributed by atoms with Gasteiger partial charge in [0.05, 0.1) is 5.69 Å². The molecule has 0 radical (unpaired) electrons. The van der Waals surface area contributed by atoms with Gasteiger partial charge >= 0.3 is 6.03 Å². The monoisotopic (exact) mass is 322 g/mol. The predicted molar refractivity (Wildman–Crippen MR) is 81.4 cm³/mol. The molecule has 1 aromatic rings. The molecule has 0 aliphatic carbocycles. The third-order valence-corrected chi connectivity index (χ3v) is 3.71. The molecule has 116 valence electrons. The van der Waals surface area contributed by atoms with Crippen LogP contribution >= 0.6 is 11.6 Å². The quantitative estimate of drug-likeness (QED) is 0.455. The maximum atomic E-state index is 11.5. The Morgan fingerprint density at radius 3 is 2.55 bits per heavy atom. The molecule has 8 nitrogen and oxygen atoms in total. The summed E-state index contributed by atoms with van der Waals surface area (Å²) in [6.45, 7) is 3.57. The molecule has 2 aliphatic heterocycles. The van der Waals surface area contributed by atoms with E-state index in [2.05, 4.69) is 37.4 Å². The predicted octanol–water partition coefficient (Wildman–Crippen LogP) is 0.0621. The van der Waals surface area contributed by atoms with E-state index in [1.54, 1.807) is 6.07 Å². The lowest BCUT2D eigenvalue weighted by molar-refractivity contribution is -0.115. The summed E-state index contributed by atoms with van der Waals surface area (Å²) < 4.78 is 0. The summed E-state index contributed by atoms with van der Waals surface area (Å²) in [5.74, 6) is 0.227. The van der Waals surface area contributed by atoms with Crippen molar-refractivity contribution in [2.45, 2.75) is 0 Å².